The molecule has 1 aromatic carbocycles. The third-order valence-corrected chi connectivity index (χ3v) is 4.73. The standard InChI is InChI=1S/C16H17N5OS/c1-9-10(2)18-15-19-16(20-21(15)11(9)3)23-8-12-5-4-6-13(7-12)14(17)22/h4-7H,8H2,1-3H3,(H2,17,22). The Labute approximate surface area is 138 Å². The van der Waals surface area contributed by atoms with E-state index in [1.807, 2.05) is 32.9 Å². The van der Waals surface area contributed by atoms with Gasteiger partial charge in [-0.1, -0.05) is 23.9 Å². The summed E-state index contributed by atoms with van der Waals surface area (Å²) in [5.74, 6) is 0.849. The first-order valence-electron chi connectivity index (χ1n) is 7.18. The van der Waals surface area contributed by atoms with Crippen LogP contribution >= 0.6 is 11.8 Å². The van der Waals surface area contributed by atoms with E-state index in [0.717, 1.165) is 22.5 Å². The molecule has 0 spiro atoms. The predicted molar refractivity (Wildman–Crippen MR) is 89.5 cm³/mol. The third kappa shape index (κ3) is 3.05. The van der Waals surface area contributed by atoms with Gasteiger partial charge in [-0.25, -0.2) is 9.50 Å². The van der Waals surface area contributed by atoms with Gasteiger partial charge in [0.05, 0.1) is 0 Å². The molecule has 3 rings (SSSR count). The fraction of sp³-hybridized carbons (Fsp3) is 0.250. The van der Waals surface area contributed by atoms with Gasteiger partial charge in [-0.3, -0.25) is 4.79 Å². The lowest BCUT2D eigenvalue weighted by atomic mass is 10.1. The van der Waals surface area contributed by atoms with Crippen molar-refractivity contribution in [2.75, 3.05) is 0 Å². The molecule has 118 valence electrons. The molecule has 2 N–H and O–H groups in total. The van der Waals surface area contributed by atoms with Crippen LogP contribution in [0.25, 0.3) is 5.78 Å². The molecule has 0 aliphatic rings. The summed E-state index contributed by atoms with van der Waals surface area (Å²) in [6.45, 7) is 6.01. The number of rotatable bonds is 4. The number of fused-ring (bicyclic) bond motifs is 1. The second kappa shape index (κ2) is 6.00. The fourth-order valence-electron chi connectivity index (χ4n) is 2.26. The SMILES string of the molecule is Cc1nc2nc(SCc3cccc(C(N)=O)c3)nn2c(C)c1C. The summed E-state index contributed by atoms with van der Waals surface area (Å²) in [7, 11) is 0. The zero-order valence-electron chi connectivity index (χ0n) is 13.2. The molecule has 7 heteroatoms. The summed E-state index contributed by atoms with van der Waals surface area (Å²) >= 11 is 1.50. The van der Waals surface area contributed by atoms with Crippen LogP contribution in [0.15, 0.2) is 29.4 Å². The molecule has 0 radical (unpaired) electrons. The molecule has 0 bridgehead atoms. The number of benzene rings is 1. The van der Waals surface area contributed by atoms with Crippen LogP contribution in [0.3, 0.4) is 0 Å². The Morgan fingerprint density at radius 1 is 1.26 bits per heavy atom. The summed E-state index contributed by atoms with van der Waals surface area (Å²) < 4.78 is 1.77. The van der Waals surface area contributed by atoms with Crippen LogP contribution in [0.1, 0.15) is 32.9 Å². The zero-order chi connectivity index (χ0) is 16.6. The predicted octanol–water partition coefficient (Wildman–Crippen LogP) is 2.44. The lowest BCUT2D eigenvalue weighted by molar-refractivity contribution is 0.1000. The maximum absolute atomic E-state index is 11.2. The summed E-state index contributed by atoms with van der Waals surface area (Å²) in [5, 5.41) is 5.16. The van der Waals surface area contributed by atoms with Gasteiger partial charge in [0.25, 0.3) is 5.78 Å². The third-order valence-electron chi connectivity index (χ3n) is 3.82. The molecule has 0 aliphatic heterocycles. The van der Waals surface area contributed by atoms with E-state index in [9.17, 15) is 4.79 Å². The van der Waals surface area contributed by atoms with E-state index in [4.69, 9.17) is 5.73 Å². The van der Waals surface area contributed by atoms with Gasteiger partial charge in [-0.05, 0) is 44.0 Å². The summed E-state index contributed by atoms with van der Waals surface area (Å²) in [4.78, 5) is 20.1. The van der Waals surface area contributed by atoms with E-state index in [0.29, 0.717) is 22.3 Å². The first-order chi connectivity index (χ1) is 11.0. The van der Waals surface area contributed by atoms with Crippen molar-refractivity contribution in [1.82, 2.24) is 19.6 Å². The minimum atomic E-state index is -0.423. The topological polar surface area (TPSA) is 86.2 Å². The van der Waals surface area contributed by atoms with Gasteiger partial charge in [0.2, 0.25) is 11.1 Å². The van der Waals surface area contributed by atoms with Crippen molar-refractivity contribution in [2.24, 2.45) is 5.73 Å². The van der Waals surface area contributed by atoms with Crippen LogP contribution in [0.4, 0.5) is 0 Å². The molecule has 0 unspecified atom stereocenters. The average molecular weight is 327 g/mol. The molecule has 2 aromatic heterocycles. The molecule has 0 saturated heterocycles. The first kappa shape index (κ1) is 15.5. The van der Waals surface area contributed by atoms with E-state index < -0.39 is 5.91 Å². The molecule has 2 heterocycles. The largest absolute Gasteiger partial charge is 0.366 e. The van der Waals surface area contributed by atoms with Crippen LogP contribution in [-0.2, 0) is 5.75 Å². The van der Waals surface area contributed by atoms with Gasteiger partial charge in [0.15, 0.2) is 0 Å². The maximum Gasteiger partial charge on any atom is 0.253 e. The number of nitrogens with two attached hydrogens (primary N) is 1. The van der Waals surface area contributed by atoms with Crippen molar-refractivity contribution >= 4 is 23.4 Å². The molecular weight excluding hydrogens is 310 g/mol. The van der Waals surface area contributed by atoms with Crippen molar-refractivity contribution in [3.63, 3.8) is 0 Å². The number of hydrogen-bond acceptors (Lipinski definition) is 5. The van der Waals surface area contributed by atoms with Gasteiger partial charge >= 0.3 is 0 Å². The van der Waals surface area contributed by atoms with Gasteiger partial charge in [-0.2, -0.15) is 4.98 Å². The molecule has 3 aromatic rings. The number of thioether (sulfide) groups is 1. The number of nitrogens with zero attached hydrogens (tertiary/aromatic N) is 4. The Morgan fingerprint density at radius 3 is 2.78 bits per heavy atom. The lowest BCUT2D eigenvalue weighted by Gasteiger charge is -2.04. The van der Waals surface area contributed by atoms with Crippen LogP contribution < -0.4 is 5.73 Å². The molecular formula is C16H17N5OS. The van der Waals surface area contributed by atoms with Crippen molar-refractivity contribution < 1.29 is 4.79 Å². The van der Waals surface area contributed by atoms with Crippen molar-refractivity contribution in [2.45, 2.75) is 31.7 Å². The van der Waals surface area contributed by atoms with Crippen LogP contribution in [0, 0.1) is 20.8 Å². The molecule has 23 heavy (non-hydrogen) atoms. The van der Waals surface area contributed by atoms with Crippen molar-refractivity contribution in [3.05, 3.63) is 52.3 Å². The van der Waals surface area contributed by atoms with Gasteiger partial charge in [0.1, 0.15) is 0 Å². The van der Waals surface area contributed by atoms with Crippen molar-refractivity contribution in [3.8, 4) is 0 Å². The molecule has 0 aliphatic carbocycles. The number of primary amides is 1. The average Bonchev–Trinajstić information content (AvgIpc) is 2.94. The van der Waals surface area contributed by atoms with Gasteiger partial charge in [0, 0.05) is 22.7 Å². The van der Waals surface area contributed by atoms with Crippen molar-refractivity contribution in [1.29, 1.82) is 0 Å². The highest BCUT2D eigenvalue weighted by molar-refractivity contribution is 7.98. The summed E-state index contributed by atoms with van der Waals surface area (Å²) in [6, 6.07) is 7.28. The number of hydrogen-bond donors (Lipinski definition) is 1. The van der Waals surface area contributed by atoms with E-state index in [1.165, 1.54) is 11.8 Å². The zero-order valence-corrected chi connectivity index (χ0v) is 14.0. The van der Waals surface area contributed by atoms with Crippen LogP contribution in [0.2, 0.25) is 0 Å². The Bertz CT molecular complexity index is 903. The highest BCUT2D eigenvalue weighted by Crippen LogP contribution is 2.22. The number of aromatic nitrogens is 4. The second-order valence-electron chi connectivity index (χ2n) is 5.37. The van der Waals surface area contributed by atoms with E-state index in [2.05, 4.69) is 15.1 Å². The summed E-state index contributed by atoms with van der Waals surface area (Å²) in [5.41, 5.74) is 9.94. The quantitative estimate of drug-likeness (QED) is 0.744. The van der Waals surface area contributed by atoms with E-state index in [1.54, 1.807) is 16.6 Å². The monoisotopic (exact) mass is 327 g/mol. The van der Waals surface area contributed by atoms with Gasteiger partial charge < -0.3 is 5.73 Å². The maximum atomic E-state index is 11.2. The number of carbonyl (C=O) groups excluding carboxylic acids is 1. The molecule has 0 fully saturated rings. The van der Waals surface area contributed by atoms with Crippen LogP contribution in [0.5, 0.6) is 0 Å². The number of carbonyl (C=O) groups is 1. The Hall–Kier alpha value is -2.41. The molecule has 0 saturated carbocycles. The Kier molecular flexibility index (Phi) is 4.04. The molecule has 0 atom stereocenters. The van der Waals surface area contributed by atoms with E-state index >= 15 is 0 Å². The minimum absolute atomic E-state index is 0.423. The first-order valence-corrected chi connectivity index (χ1v) is 8.16. The Morgan fingerprint density at radius 2 is 2.04 bits per heavy atom. The number of amides is 1. The molecule has 1 amide bonds. The Balaban J connectivity index is 1.84. The van der Waals surface area contributed by atoms with E-state index in [-0.39, 0.29) is 0 Å². The van der Waals surface area contributed by atoms with Gasteiger partial charge in [-0.15, -0.1) is 5.10 Å². The van der Waals surface area contributed by atoms with Crippen LogP contribution in [-0.4, -0.2) is 25.5 Å². The highest BCUT2D eigenvalue weighted by Gasteiger charge is 2.11. The lowest BCUT2D eigenvalue weighted by Crippen LogP contribution is -2.10. The minimum Gasteiger partial charge on any atom is -0.366 e. The molecule has 6 nitrogen and oxygen atoms in total. The highest BCUT2D eigenvalue weighted by atomic mass is 32.2. The fourth-order valence-corrected chi connectivity index (χ4v) is 3.02. The smallest absolute Gasteiger partial charge is 0.253 e. The normalized spacial score (nSPS) is 11.1. The second-order valence-corrected chi connectivity index (χ2v) is 6.31. The number of aryl methyl sites for hydroxylation is 2. The summed E-state index contributed by atoms with van der Waals surface area (Å²) in [6.07, 6.45) is 0.